The molecule has 0 N–H and O–H groups in total. The molecule has 0 aliphatic rings. The predicted octanol–water partition coefficient (Wildman–Crippen LogP) is 2.44. The first-order chi connectivity index (χ1) is 11.3. The van der Waals surface area contributed by atoms with E-state index in [1.54, 1.807) is 6.07 Å². The average Bonchev–Trinajstić information content (AvgIpc) is 2.60. The number of para-hydroxylation sites is 1. The monoisotopic (exact) mass is 352 g/mol. The molecule has 2 aromatic carbocycles. The maximum atomic E-state index is 12.8. The fraction of sp³-hybridized carbons (Fsp3) is 0.200. The molecule has 0 saturated heterocycles. The third-order valence-corrected chi connectivity index (χ3v) is 5.26. The quantitative estimate of drug-likeness (QED) is 0.585. The molecular formula is C15H16N2O6S. The number of anilines is 1. The first-order valence-corrected chi connectivity index (χ1v) is 8.21. The van der Waals surface area contributed by atoms with Gasteiger partial charge >= 0.3 is 0 Å². The lowest BCUT2D eigenvalue weighted by Gasteiger charge is -2.20. The van der Waals surface area contributed by atoms with Crippen LogP contribution < -0.4 is 13.8 Å². The van der Waals surface area contributed by atoms with Gasteiger partial charge in [-0.25, -0.2) is 8.42 Å². The molecule has 0 heterocycles. The predicted molar refractivity (Wildman–Crippen MR) is 88.2 cm³/mol. The highest BCUT2D eigenvalue weighted by Crippen LogP contribution is 2.34. The summed E-state index contributed by atoms with van der Waals surface area (Å²) in [4.78, 5) is 9.99. The van der Waals surface area contributed by atoms with Crippen LogP contribution in [0.2, 0.25) is 0 Å². The van der Waals surface area contributed by atoms with Gasteiger partial charge in [0.1, 0.15) is 0 Å². The summed E-state index contributed by atoms with van der Waals surface area (Å²) in [7, 11) is 0.0882. The summed E-state index contributed by atoms with van der Waals surface area (Å²) in [6.07, 6.45) is 0. The summed E-state index contributed by atoms with van der Waals surface area (Å²) >= 11 is 0. The zero-order valence-electron chi connectivity index (χ0n) is 13.3. The van der Waals surface area contributed by atoms with Crippen molar-refractivity contribution in [1.82, 2.24) is 0 Å². The number of hydrogen-bond acceptors (Lipinski definition) is 6. The Bertz CT molecular complexity index is 866. The molecule has 0 aromatic heterocycles. The fourth-order valence-corrected chi connectivity index (χ4v) is 3.48. The van der Waals surface area contributed by atoms with Crippen molar-refractivity contribution in [2.45, 2.75) is 4.90 Å². The van der Waals surface area contributed by atoms with E-state index in [4.69, 9.17) is 9.47 Å². The largest absolute Gasteiger partial charge is 0.493 e. The molecule has 0 unspecified atom stereocenters. The molecule has 0 radical (unpaired) electrons. The van der Waals surface area contributed by atoms with Crippen LogP contribution in [0.1, 0.15) is 0 Å². The molecule has 24 heavy (non-hydrogen) atoms. The van der Waals surface area contributed by atoms with Crippen LogP contribution in [-0.2, 0) is 10.0 Å². The van der Waals surface area contributed by atoms with Gasteiger partial charge in [0.25, 0.3) is 15.7 Å². The van der Waals surface area contributed by atoms with Crippen LogP contribution in [-0.4, -0.2) is 34.6 Å². The maximum Gasteiger partial charge on any atom is 0.289 e. The molecule has 0 aliphatic heterocycles. The van der Waals surface area contributed by atoms with Crippen LogP contribution >= 0.6 is 0 Å². The molecule has 128 valence electrons. The number of nitrogens with zero attached hydrogens (tertiary/aromatic N) is 2. The van der Waals surface area contributed by atoms with Gasteiger partial charge in [0.05, 0.1) is 24.8 Å². The standard InChI is InChI=1S/C15H16N2O6S/c1-16(11-8-9-13(22-2)14(10-11)23-3)24(20,21)15-7-5-4-6-12(15)17(18)19/h4-10H,1-3H3. The van der Waals surface area contributed by atoms with Crippen molar-refractivity contribution < 1.29 is 22.8 Å². The topological polar surface area (TPSA) is 99.0 Å². The first kappa shape index (κ1) is 17.5. The van der Waals surface area contributed by atoms with E-state index < -0.39 is 20.6 Å². The molecule has 0 saturated carbocycles. The minimum absolute atomic E-state index is 0.283. The van der Waals surface area contributed by atoms with E-state index in [1.165, 1.54) is 51.6 Å². The van der Waals surface area contributed by atoms with Crippen molar-refractivity contribution in [1.29, 1.82) is 0 Å². The molecule has 0 fully saturated rings. The molecular weight excluding hydrogens is 336 g/mol. The Hall–Kier alpha value is -2.81. The molecule has 2 rings (SSSR count). The second-order valence-corrected chi connectivity index (χ2v) is 6.67. The van der Waals surface area contributed by atoms with E-state index in [9.17, 15) is 18.5 Å². The molecule has 0 spiro atoms. The average molecular weight is 352 g/mol. The molecule has 0 amide bonds. The van der Waals surface area contributed by atoms with Gasteiger partial charge in [-0.2, -0.15) is 0 Å². The van der Waals surface area contributed by atoms with Gasteiger partial charge in [0.15, 0.2) is 16.4 Å². The van der Waals surface area contributed by atoms with Crippen LogP contribution in [0, 0.1) is 10.1 Å². The number of nitro groups is 1. The molecule has 0 bridgehead atoms. The Balaban J connectivity index is 2.53. The first-order valence-electron chi connectivity index (χ1n) is 6.77. The number of nitro benzene ring substituents is 1. The lowest BCUT2D eigenvalue weighted by atomic mass is 10.3. The van der Waals surface area contributed by atoms with Crippen molar-refractivity contribution in [3.63, 3.8) is 0 Å². The number of rotatable bonds is 6. The summed E-state index contributed by atoms with van der Waals surface area (Å²) in [6.45, 7) is 0. The minimum Gasteiger partial charge on any atom is -0.493 e. The lowest BCUT2D eigenvalue weighted by Crippen LogP contribution is -2.27. The molecule has 9 heteroatoms. The number of ether oxygens (including phenoxy) is 2. The summed E-state index contributed by atoms with van der Waals surface area (Å²) in [6, 6.07) is 9.74. The SMILES string of the molecule is COc1ccc(N(C)S(=O)(=O)c2ccccc2[N+](=O)[O-])cc1OC. The highest BCUT2D eigenvalue weighted by atomic mass is 32.2. The molecule has 2 aromatic rings. The van der Waals surface area contributed by atoms with Gasteiger partial charge in [0, 0.05) is 19.2 Å². The van der Waals surface area contributed by atoms with Crippen LogP contribution in [0.4, 0.5) is 11.4 Å². The Kier molecular flexibility index (Phi) is 4.93. The van der Waals surface area contributed by atoms with Crippen molar-refractivity contribution in [3.05, 3.63) is 52.6 Å². The van der Waals surface area contributed by atoms with Gasteiger partial charge < -0.3 is 9.47 Å². The van der Waals surface area contributed by atoms with E-state index in [-0.39, 0.29) is 10.6 Å². The van der Waals surface area contributed by atoms with Crippen molar-refractivity contribution >= 4 is 21.4 Å². The highest BCUT2D eigenvalue weighted by Gasteiger charge is 2.29. The van der Waals surface area contributed by atoms with Crippen LogP contribution in [0.3, 0.4) is 0 Å². The zero-order chi connectivity index (χ0) is 17.9. The summed E-state index contributed by atoms with van der Waals surface area (Å²) in [5.41, 5.74) is -0.198. The van der Waals surface area contributed by atoms with Crippen molar-refractivity contribution in [3.8, 4) is 11.5 Å². The number of hydrogen-bond donors (Lipinski definition) is 0. The molecule has 8 nitrogen and oxygen atoms in total. The summed E-state index contributed by atoms with van der Waals surface area (Å²) in [5.74, 6) is 0.789. The number of benzene rings is 2. The Morgan fingerprint density at radius 2 is 1.67 bits per heavy atom. The van der Waals surface area contributed by atoms with E-state index in [0.717, 1.165) is 10.4 Å². The number of sulfonamides is 1. The minimum atomic E-state index is -4.12. The van der Waals surface area contributed by atoms with Gasteiger partial charge in [-0.05, 0) is 18.2 Å². The van der Waals surface area contributed by atoms with Crippen LogP contribution in [0.5, 0.6) is 11.5 Å². The third-order valence-electron chi connectivity index (χ3n) is 3.43. The van der Waals surface area contributed by atoms with E-state index in [2.05, 4.69) is 0 Å². The molecule has 0 aliphatic carbocycles. The van der Waals surface area contributed by atoms with E-state index in [1.807, 2.05) is 0 Å². The van der Waals surface area contributed by atoms with Gasteiger partial charge in [0.2, 0.25) is 0 Å². The Morgan fingerprint density at radius 3 is 2.25 bits per heavy atom. The van der Waals surface area contributed by atoms with E-state index >= 15 is 0 Å². The third kappa shape index (κ3) is 3.11. The molecule has 0 atom stereocenters. The van der Waals surface area contributed by atoms with E-state index in [0.29, 0.717) is 11.5 Å². The fourth-order valence-electron chi connectivity index (χ4n) is 2.13. The highest BCUT2D eigenvalue weighted by molar-refractivity contribution is 7.93. The van der Waals surface area contributed by atoms with Crippen LogP contribution in [0.15, 0.2) is 47.4 Å². The lowest BCUT2D eigenvalue weighted by molar-refractivity contribution is -0.387. The second-order valence-electron chi connectivity index (χ2n) is 4.74. The van der Waals surface area contributed by atoms with Gasteiger partial charge in [-0.1, -0.05) is 12.1 Å². The van der Waals surface area contributed by atoms with Crippen molar-refractivity contribution in [2.75, 3.05) is 25.6 Å². The normalized spacial score (nSPS) is 11.0. The summed E-state index contributed by atoms with van der Waals surface area (Å²) in [5, 5.41) is 11.1. The number of methoxy groups -OCH3 is 2. The van der Waals surface area contributed by atoms with Gasteiger partial charge in [-0.3, -0.25) is 14.4 Å². The Labute approximate surface area is 139 Å². The van der Waals surface area contributed by atoms with Crippen LogP contribution in [0.25, 0.3) is 0 Å². The zero-order valence-corrected chi connectivity index (χ0v) is 14.1. The van der Waals surface area contributed by atoms with Gasteiger partial charge in [-0.15, -0.1) is 0 Å². The maximum absolute atomic E-state index is 12.8. The van der Waals surface area contributed by atoms with Crippen molar-refractivity contribution in [2.24, 2.45) is 0 Å². The Morgan fingerprint density at radius 1 is 1.04 bits per heavy atom. The summed E-state index contributed by atoms with van der Waals surface area (Å²) < 4.78 is 36.7. The second kappa shape index (κ2) is 6.75. The smallest absolute Gasteiger partial charge is 0.289 e.